The van der Waals surface area contributed by atoms with Gasteiger partial charge in [-0.3, -0.25) is 4.79 Å². The van der Waals surface area contributed by atoms with Crippen LogP contribution in [0.2, 0.25) is 5.02 Å². The Balaban J connectivity index is 1.65. The highest BCUT2D eigenvalue weighted by atomic mass is 35.5. The van der Waals surface area contributed by atoms with Crippen molar-refractivity contribution in [2.45, 2.75) is 25.2 Å². The topological polar surface area (TPSA) is 66.5 Å². The third kappa shape index (κ3) is 4.09. The van der Waals surface area contributed by atoms with Gasteiger partial charge in [0.05, 0.1) is 4.90 Å². The number of benzene rings is 2. The Morgan fingerprint density at radius 3 is 2.46 bits per heavy atom. The molecule has 1 aliphatic heterocycles. The summed E-state index contributed by atoms with van der Waals surface area (Å²) in [5.74, 6) is -0.0813. The average Bonchev–Trinajstić information content (AvgIpc) is 2.97. The number of aryl methyl sites for hydroxylation is 2. The van der Waals surface area contributed by atoms with Gasteiger partial charge in [0, 0.05) is 30.2 Å². The predicted octanol–water partition coefficient (Wildman–Crippen LogP) is 3.29. The Labute approximate surface area is 159 Å². The van der Waals surface area contributed by atoms with Gasteiger partial charge in [-0.15, -0.1) is 0 Å². The second kappa shape index (κ2) is 7.39. The van der Waals surface area contributed by atoms with E-state index in [1.807, 2.05) is 13.8 Å². The van der Waals surface area contributed by atoms with E-state index < -0.39 is 10.0 Å². The molecule has 3 rings (SSSR count). The summed E-state index contributed by atoms with van der Waals surface area (Å²) in [5.41, 5.74) is 2.75. The van der Waals surface area contributed by atoms with Crippen molar-refractivity contribution in [3.63, 3.8) is 0 Å². The molecule has 1 fully saturated rings. The molecule has 1 amide bonds. The van der Waals surface area contributed by atoms with Crippen molar-refractivity contribution in [3.8, 4) is 0 Å². The highest BCUT2D eigenvalue weighted by Gasteiger charge is 2.31. The first kappa shape index (κ1) is 18.9. The molecule has 0 aromatic heterocycles. The molecule has 2 aromatic carbocycles. The van der Waals surface area contributed by atoms with Crippen LogP contribution >= 0.6 is 11.6 Å². The summed E-state index contributed by atoms with van der Waals surface area (Å²) in [6.07, 6.45) is 0.318. The fourth-order valence-electron chi connectivity index (χ4n) is 2.98. The van der Waals surface area contributed by atoms with E-state index >= 15 is 0 Å². The number of nitrogens with zero attached hydrogens (tertiary/aromatic N) is 1. The molecule has 1 heterocycles. The van der Waals surface area contributed by atoms with E-state index in [0.717, 1.165) is 16.8 Å². The summed E-state index contributed by atoms with van der Waals surface area (Å²) in [6.45, 7) is 4.53. The molecule has 0 radical (unpaired) electrons. The van der Waals surface area contributed by atoms with Gasteiger partial charge in [-0.05, 0) is 67.3 Å². The molecule has 138 valence electrons. The van der Waals surface area contributed by atoms with Gasteiger partial charge in [0.25, 0.3) is 0 Å². The number of hydrogen-bond acceptors (Lipinski definition) is 3. The second-order valence-corrected chi connectivity index (χ2v) is 8.85. The van der Waals surface area contributed by atoms with Crippen molar-refractivity contribution >= 4 is 33.2 Å². The van der Waals surface area contributed by atoms with Crippen molar-refractivity contribution in [2.24, 2.45) is 5.92 Å². The van der Waals surface area contributed by atoms with Crippen LogP contribution in [-0.4, -0.2) is 27.4 Å². The lowest BCUT2D eigenvalue weighted by atomic mass is 10.1. The van der Waals surface area contributed by atoms with Crippen LogP contribution in [0.4, 0.5) is 5.69 Å². The van der Waals surface area contributed by atoms with Gasteiger partial charge in [0.15, 0.2) is 0 Å². The highest BCUT2D eigenvalue weighted by molar-refractivity contribution is 7.89. The molecule has 1 saturated heterocycles. The van der Waals surface area contributed by atoms with Crippen LogP contribution in [0.5, 0.6) is 0 Å². The monoisotopic (exact) mass is 392 g/mol. The fraction of sp³-hybridized carbons (Fsp3) is 0.316. The Morgan fingerprint density at radius 1 is 1.12 bits per heavy atom. The van der Waals surface area contributed by atoms with Crippen molar-refractivity contribution in [2.75, 3.05) is 18.0 Å². The molecule has 26 heavy (non-hydrogen) atoms. The maximum absolute atomic E-state index is 12.5. The van der Waals surface area contributed by atoms with Gasteiger partial charge in [0.2, 0.25) is 15.9 Å². The maximum Gasteiger partial charge on any atom is 0.240 e. The van der Waals surface area contributed by atoms with Crippen molar-refractivity contribution < 1.29 is 13.2 Å². The molecule has 0 saturated carbocycles. The van der Waals surface area contributed by atoms with E-state index in [2.05, 4.69) is 4.72 Å². The van der Waals surface area contributed by atoms with Crippen LogP contribution in [0.1, 0.15) is 17.5 Å². The van der Waals surface area contributed by atoms with Crippen molar-refractivity contribution in [1.29, 1.82) is 0 Å². The van der Waals surface area contributed by atoms with E-state index in [1.54, 1.807) is 47.4 Å². The molecule has 1 atom stereocenters. The number of carbonyl (C=O) groups is 1. The van der Waals surface area contributed by atoms with E-state index in [1.165, 1.54) is 0 Å². The number of hydrogen-bond donors (Lipinski definition) is 1. The number of nitrogens with one attached hydrogen (secondary N) is 1. The minimum atomic E-state index is -3.59. The first-order valence-corrected chi connectivity index (χ1v) is 10.3. The zero-order valence-electron chi connectivity index (χ0n) is 14.7. The summed E-state index contributed by atoms with van der Waals surface area (Å²) in [4.78, 5) is 14.2. The standard InChI is InChI=1S/C19H21ClN2O3S/c1-13-3-8-18(9-14(13)2)26(24,25)21-11-15-10-19(23)22(12-15)17-6-4-16(20)5-7-17/h3-9,15,21H,10-12H2,1-2H3/t15-/m0/s1. The Bertz CT molecular complexity index is 926. The number of anilines is 1. The third-order valence-electron chi connectivity index (χ3n) is 4.69. The fourth-order valence-corrected chi connectivity index (χ4v) is 4.31. The molecule has 0 aliphatic carbocycles. The summed E-state index contributed by atoms with van der Waals surface area (Å²) in [7, 11) is -3.59. The zero-order chi connectivity index (χ0) is 18.9. The number of rotatable bonds is 5. The first-order valence-electron chi connectivity index (χ1n) is 8.39. The Kier molecular flexibility index (Phi) is 5.37. The van der Waals surface area contributed by atoms with Crippen molar-refractivity contribution in [3.05, 3.63) is 58.6 Å². The number of sulfonamides is 1. The zero-order valence-corrected chi connectivity index (χ0v) is 16.3. The van der Waals surface area contributed by atoms with E-state index in [4.69, 9.17) is 11.6 Å². The normalized spacial score (nSPS) is 17.7. The van der Waals surface area contributed by atoms with Crippen LogP contribution in [-0.2, 0) is 14.8 Å². The summed E-state index contributed by atoms with van der Waals surface area (Å²) in [6, 6.07) is 12.1. The molecule has 0 spiro atoms. The number of carbonyl (C=O) groups excluding carboxylic acids is 1. The Morgan fingerprint density at radius 2 is 1.81 bits per heavy atom. The molecule has 1 N–H and O–H groups in total. The molecule has 5 nitrogen and oxygen atoms in total. The molecule has 0 unspecified atom stereocenters. The summed E-state index contributed by atoms with van der Waals surface area (Å²) in [5, 5.41) is 0.609. The lowest BCUT2D eigenvalue weighted by Crippen LogP contribution is -2.31. The predicted molar refractivity (Wildman–Crippen MR) is 103 cm³/mol. The largest absolute Gasteiger partial charge is 0.312 e. The third-order valence-corrected chi connectivity index (χ3v) is 6.37. The smallest absolute Gasteiger partial charge is 0.240 e. The maximum atomic E-state index is 12.5. The first-order chi connectivity index (χ1) is 12.3. The minimum Gasteiger partial charge on any atom is -0.312 e. The summed E-state index contributed by atoms with van der Waals surface area (Å²) < 4.78 is 27.6. The molecular weight excluding hydrogens is 372 g/mol. The average molecular weight is 393 g/mol. The lowest BCUT2D eigenvalue weighted by molar-refractivity contribution is -0.117. The lowest BCUT2D eigenvalue weighted by Gasteiger charge is -2.17. The molecular formula is C19H21ClN2O3S. The van der Waals surface area contributed by atoms with Gasteiger partial charge in [-0.25, -0.2) is 13.1 Å². The van der Waals surface area contributed by atoms with Crippen molar-refractivity contribution in [1.82, 2.24) is 4.72 Å². The number of amides is 1. The second-order valence-electron chi connectivity index (χ2n) is 6.65. The van der Waals surface area contributed by atoms with E-state index in [0.29, 0.717) is 18.0 Å². The summed E-state index contributed by atoms with van der Waals surface area (Å²) >= 11 is 5.88. The molecule has 2 aromatic rings. The Hall–Kier alpha value is -1.89. The highest BCUT2D eigenvalue weighted by Crippen LogP contribution is 2.26. The van der Waals surface area contributed by atoms with E-state index in [-0.39, 0.29) is 23.3 Å². The van der Waals surface area contributed by atoms with Crippen LogP contribution in [0, 0.1) is 19.8 Å². The van der Waals surface area contributed by atoms with Crippen LogP contribution < -0.4 is 9.62 Å². The van der Waals surface area contributed by atoms with E-state index in [9.17, 15) is 13.2 Å². The van der Waals surface area contributed by atoms with Gasteiger partial charge < -0.3 is 4.90 Å². The van der Waals surface area contributed by atoms with Crippen LogP contribution in [0.3, 0.4) is 0 Å². The van der Waals surface area contributed by atoms with Crippen LogP contribution in [0.15, 0.2) is 47.4 Å². The quantitative estimate of drug-likeness (QED) is 0.849. The van der Waals surface area contributed by atoms with Gasteiger partial charge in [0.1, 0.15) is 0 Å². The van der Waals surface area contributed by atoms with Gasteiger partial charge in [-0.1, -0.05) is 17.7 Å². The SMILES string of the molecule is Cc1ccc(S(=O)(=O)NC[C@@H]2CC(=O)N(c3ccc(Cl)cc3)C2)cc1C. The van der Waals surface area contributed by atoms with Crippen LogP contribution in [0.25, 0.3) is 0 Å². The number of halogens is 1. The van der Waals surface area contributed by atoms with Gasteiger partial charge in [-0.2, -0.15) is 0 Å². The molecule has 1 aliphatic rings. The minimum absolute atomic E-state index is 0.0114. The van der Waals surface area contributed by atoms with Gasteiger partial charge >= 0.3 is 0 Å². The molecule has 7 heteroatoms. The molecule has 0 bridgehead atoms.